The molecule has 0 unspecified atom stereocenters. The lowest BCUT2D eigenvalue weighted by molar-refractivity contribution is 0.0530. The molecule has 1 fully saturated rings. The lowest BCUT2D eigenvalue weighted by Gasteiger charge is -2.34. The summed E-state index contributed by atoms with van der Waals surface area (Å²) < 4.78 is 5.31. The van der Waals surface area contributed by atoms with E-state index in [9.17, 15) is 9.59 Å². The highest BCUT2D eigenvalue weighted by Crippen LogP contribution is 2.25. The van der Waals surface area contributed by atoms with Crippen LogP contribution < -0.4 is 0 Å². The van der Waals surface area contributed by atoms with Crippen molar-refractivity contribution < 1.29 is 14.1 Å². The Morgan fingerprint density at radius 3 is 2.32 bits per heavy atom. The fourth-order valence-corrected chi connectivity index (χ4v) is 3.92. The number of carbonyl (C=O) groups excluding carboxylic acids is 2. The molecule has 1 aromatic carbocycles. The molecule has 0 radical (unpaired) electrons. The number of rotatable bonds is 4. The first-order valence-corrected chi connectivity index (χ1v) is 10.2. The van der Waals surface area contributed by atoms with Crippen LogP contribution in [0, 0.1) is 0 Å². The number of carbonyl (C=O) groups is 2. The van der Waals surface area contributed by atoms with Gasteiger partial charge in [0.1, 0.15) is 0 Å². The number of benzene rings is 1. The van der Waals surface area contributed by atoms with E-state index in [4.69, 9.17) is 4.52 Å². The molecule has 0 N–H and O–H groups in total. The highest BCUT2D eigenvalue weighted by atomic mass is 32.1. The average molecular weight is 395 g/mol. The maximum absolute atomic E-state index is 12.7. The van der Waals surface area contributed by atoms with Crippen molar-refractivity contribution in [1.82, 2.24) is 15.0 Å². The molecule has 3 aromatic rings. The summed E-state index contributed by atoms with van der Waals surface area (Å²) >= 11 is 1.54. The van der Waals surface area contributed by atoms with Crippen molar-refractivity contribution in [3.8, 4) is 10.6 Å². The molecule has 4 rings (SSSR count). The average Bonchev–Trinajstić information content (AvgIpc) is 3.45. The lowest BCUT2D eigenvalue weighted by atomic mass is 10.1. The van der Waals surface area contributed by atoms with Crippen molar-refractivity contribution in [2.45, 2.75) is 13.3 Å². The molecule has 1 aliphatic rings. The van der Waals surface area contributed by atoms with Crippen molar-refractivity contribution in [3.63, 3.8) is 0 Å². The molecule has 7 heteroatoms. The Morgan fingerprint density at radius 1 is 1.04 bits per heavy atom. The fourth-order valence-electron chi connectivity index (χ4n) is 3.25. The Labute approximate surface area is 167 Å². The minimum atomic E-state index is -0.161. The summed E-state index contributed by atoms with van der Waals surface area (Å²) in [6.45, 7) is 4.08. The molecule has 3 heterocycles. The number of piperazine rings is 1. The first-order chi connectivity index (χ1) is 13.7. The van der Waals surface area contributed by atoms with E-state index in [2.05, 4.69) is 12.1 Å². The minimum absolute atomic E-state index is 0.0103. The number of thiophene rings is 1. The highest BCUT2D eigenvalue weighted by Gasteiger charge is 2.27. The van der Waals surface area contributed by atoms with Crippen LogP contribution in [0.1, 0.15) is 33.3 Å². The van der Waals surface area contributed by atoms with Crippen LogP contribution >= 0.6 is 11.3 Å². The van der Waals surface area contributed by atoms with Gasteiger partial charge in [0, 0.05) is 37.8 Å². The summed E-state index contributed by atoms with van der Waals surface area (Å²) in [6, 6.07) is 13.3. The Hall–Kier alpha value is -2.93. The second-order valence-corrected chi connectivity index (χ2v) is 7.64. The number of hydrogen-bond acceptors (Lipinski definition) is 5. The van der Waals surface area contributed by atoms with Gasteiger partial charge in [0.05, 0.1) is 4.88 Å². The molecule has 1 saturated heterocycles. The summed E-state index contributed by atoms with van der Waals surface area (Å²) in [7, 11) is 0. The van der Waals surface area contributed by atoms with Gasteiger partial charge in [-0.2, -0.15) is 0 Å². The van der Waals surface area contributed by atoms with Gasteiger partial charge in [-0.25, -0.2) is 0 Å². The van der Waals surface area contributed by atoms with E-state index in [1.807, 2.05) is 41.8 Å². The first-order valence-electron chi connectivity index (χ1n) is 9.34. The van der Waals surface area contributed by atoms with Gasteiger partial charge in [-0.15, -0.1) is 11.3 Å². The SMILES string of the molecule is CCc1ccc(C(=O)N2CCN(C(=O)c3cc(-c4cccs4)on3)CC2)cc1. The number of nitrogens with zero attached hydrogens (tertiary/aromatic N) is 3. The third kappa shape index (κ3) is 3.71. The van der Waals surface area contributed by atoms with Crippen LogP contribution in [-0.4, -0.2) is 52.9 Å². The van der Waals surface area contributed by atoms with Gasteiger partial charge in [-0.1, -0.05) is 30.3 Å². The van der Waals surface area contributed by atoms with Gasteiger partial charge in [0.2, 0.25) is 0 Å². The van der Waals surface area contributed by atoms with Gasteiger partial charge in [-0.05, 0) is 35.6 Å². The van der Waals surface area contributed by atoms with Crippen LogP contribution in [0.15, 0.2) is 52.4 Å². The Kier molecular flexibility index (Phi) is 5.25. The molecule has 144 valence electrons. The van der Waals surface area contributed by atoms with Crippen molar-refractivity contribution >= 4 is 23.2 Å². The van der Waals surface area contributed by atoms with Crippen LogP contribution in [0.2, 0.25) is 0 Å². The van der Waals surface area contributed by atoms with E-state index >= 15 is 0 Å². The van der Waals surface area contributed by atoms with E-state index in [0.717, 1.165) is 11.3 Å². The van der Waals surface area contributed by atoms with Crippen LogP contribution in [0.5, 0.6) is 0 Å². The van der Waals surface area contributed by atoms with E-state index in [1.54, 1.807) is 15.9 Å². The topological polar surface area (TPSA) is 66.7 Å². The molecule has 0 atom stereocenters. The lowest BCUT2D eigenvalue weighted by Crippen LogP contribution is -2.50. The highest BCUT2D eigenvalue weighted by molar-refractivity contribution is 7.13. The van der Waals surface area contributed by atoms with Gasteiger partial charge in [0.25, 0.3) is 11.8 Å². The molecule has 6 nitrogen and oxygen atoms in total. The Balaban J connectivity index is 1.37. The molecule has 0 aliphatic carbocycles. The monoisotopic (exact) mass is 395 g/mol. The van der Waals surface area contributed by atoms with Crippen LogP contribution in [-0.2, 0) is 6.42 Å². The predicted octanol–water partition coefficient (Wildman–Crippen LogP) is 3.56. The molecule has 0 spiro atoms. The molecule has 2 amide bonds. The molecule has 28 heavy (non-hydrogen) atoms. The zero-order valence-electron chi connectivity index (χ0n) is 15.6. The van der Waals surface area contributed by atoms with Gasteiger partial charge in [0.15, 0.2) is 11.5 Å². The van der Waals surface area contributed by atoms with Gasteiger partial charge in [-0.3, -0.25) is 9.59 Å². The largest absolute Gasteiger partial charge is 0.355 e. The van der Waals surface area contributed by atoms with Gasteiger partial charge < -0.3 is 14.3 Å². The summed E-state index contributed by atoms with van der Waals surface area (Å²) in [5.74, 6) is 0.449. The molecule has 0 saturated carbocycles. The van der Waals surface area contributed by atoms with Crippen LogP contribution in [0.25, 0.3) is 10.6 Å². The first kappa shape index (κ1) is 18.4. The van der Waals surface area contributed by atoms with Crippen molar-refractivity contribution in [3.05, 3.63) is 64.7 Å². The number of hydrogen-bond donors (Lipinski definition) is 0. The molecular formula is C21H21N3O3S. The summed E-state index contributed by atoms with van der Waals surface area (Å²) in [6.07, 6.45) is 0.950. The van der Waals surface area contributed by atoms with E-state index in [1.165, 1.54) is 16.9 Å². The zero-order valence-corrected chi connectivity index (χ0v) is 16.4. The van der Waals surface area contributed by atoms with Crippen molar-refractivity contribution in [1.29, 1.82) is 0 Å². The second-order valence-electron chi connectivity index (χ2n) is 6.69. The van der Waals surface area contributed by atoms with Crippen LogP contribution in [0.4, 0.5) is 0 Å². The second kappa shape index (κ2) is 7.98. The maximum Gasteiger partial charge on any atom is 0.276 e. The smallest absolute Gasteiger partial charge is 0.276 e. The van der Waals surface area contributed by atoms with E-state index in [-0.39, 0.29) is 11.8 Å². The van der Waals surface area contributed by atoms with E-state index < -0.39 is 0 Å². The molecule has 0 bridgehead atoms. The third-order valence-corrected chi connectivity index (χ3v) is 5.84. The molecular weight excluding hydrogens is 374 g/mol. The predicted molar refractivity (Wildman–Crippen MR) is 107 cm³/mol. The number of aromatic nitrogens is 1. The summed E-state index contributed by atoms with van der Waals surface area (Å²) in [5.41, 5.74) is 2.20. The van der Waals surface area contributed by atoms with Crippen LogP contribution in [0.3, 0.4) is 0 Å². The summed E-state index contributed by atoms with van der Waals surface area (Å²) in [4.78, 5) is 29.8. The molecule has 2 aromatic heterocycles. The molecule has 1 aliphatic heterocycles. The number of aryl methyl sites for hydroxylation is 1. The summed E-state index contributed by atoms with van der Waals surface area (Å²) in [5, 5.41) is 5.87. The van der Waals surface area contributed by atoms with Gasteiger partial charge >= 0.3 is 0 Å². The standard InChI is InChI=1S/C21H21N3O3S/c1-2-15-5-7-16(8-6-15)20(25)23-9-11-24(12-10-23)21(26)17-14-18(27-22-17)19-4-3-13-28-19/h3-8,13-14H,2,9-12H2,1H3. The quantitative estimate of drug-likeness (QED) is 0.677. The van der Waals surface area contributed by atoms with Crippen molar-refractivity contribution in [2.75, 3.05) is 26.2 Å². The van der Waals surface area contributed by atoms with E-state index in [0.29, 0.717) is 43.2 Å². The third-order valence-electron chi connectivity index (χ3n) is 4.96. The fraction of sp³-hybridized carbons (Fsp3) is 0.286. The minimum Gasteiger partial charge on any atom is -0.355 e. The normalized spacial score (nSPS) is 14.3. The maximum atomic E-state index is 12.7. The Bertz CT molecular complexity index is 955. The van der Waals surface area contributed by atoms with Crippen molar-refractivity contribution in [2.24, 2.45) is 0 Å². The number of amides is 2. The Morgan fingerprint density at radius 2 is 1.71 bits per heavy atom. The zero-order chi connectivity index (χ0) is 19.5.